The molecule has 1 saturated heterocycles. The van der Waals surface area contributed by atoms with Crippen molar-refractivity contribution < 1.29 is 17.9 Å². The minimum absolute atomic E-state index is 0.0944. The van der Waals surface area contributed by atoms with Crippen LogP contribution in [0.4, 0.5) is 11.5 Å². The number of benzene rings is 2. The maximum Gasteiger partial charge on any atom is 0.265 e. The minimum Gasteiger partial charge on any atom is -0.492 e. The molecular formula is C22H24N4O4S. The van der Waals surface area contributed by atoms with Crippen LogP contribution in [0.2, 0.25) is 0 Å². The molecule has 31 heavy (non-hydrogen) atoms. The SMILES string of the molecule is CCOc1ccccc1S(=O)(=O)Nc1cccc(-c2ccc(N3CCOCC3)nn2)c1. The predicted molar refractivity (Wildman–Crippen MR) is 119 cm³/mol. The van der Waals surface area contributed by atoms with Gasteiger partial charge in [-0.05, 0) is 43.3 Å². The third kappa shape index (κ3) is 4.95. The monoisotopic (exact) mass is 440 g/mol. The van der Waals surface area contributed by atoms with E-state index in [1.54, 1.807) is 36.4 Å². The van der Waals surface area contributed by atoms with E-state index in [-0.39, 0.29) is 4.90 Å². The first kappa shape index (κ1) is 21.1. The minimum atomic E-state index is -3.82. The lowest BCUT2D eigenvalue weighted by Crippen LogP contribution is -2.36. The van der Waals surface area contributed by atoms with Gasteiger partial charge in [-0.25, -0.2) is 8.42 Å². The van der Waals surface area contributed by atoms with E-state index < -0.39 is 10.0 Å². The molecule has 2 heterocycles. The zero-order chi connectivity index (χ0) is 21.7. The number of para-hydroxylation sites is 1. The number of nitrogens with one attached hydrogen (secondary N) is 1. The largest absolute Gasteiger partial charge is 0.492 e. The Hall–Kier alpha value is -3.17. The average molecular weight is 441 g/mol. The highest BCUT2D eigenvalue weighted by atomic mass is 32.2. The van der Waals surface area contributed by atoms with Crippen LogP contribution in [0.15, 0.2) is 65.6 Å². The number of sulfonamides is 1. The normalized spacial score (nSPS) is 14.3. The maximum absolute atomic E-state index is 12.9. The van der Waals surface area contributed by atoms with Crippen LogP contribution in [0.3, 0.4) is 0 Å². The molecule has 1 aliphatic rings. The number of aromatic nitrogens is 2. The highest BCUT2D eigenvalue weighted by molar-refractivity contribution is 7.92. The lowest BCUT2D eigenvalue weighted by Gasteiger charge is -2.27. The van der Waals surface area contributed by atoms with Gasteiger partial charge < -0.3 is 14.4 Å². The quantitative estimate of drug-likeness (QED) is 0.603. The van der Waals surface area contributed by atoms with Crippen molar-refractivity contribution in [2.75, 3.05) is 42.5 Å². The van der Waals surface area contributed by atoms with E-state index in [1.165, 1.54) is 6.07 Å². The topological polar surface area (TPSA) is 93.7 Å². The molecule has 1 N–H and O–H groups in total. The van der Waals surface area contributed by atoms with Crippen LogP contribution in [0.5, 0.6) is 5.75 Å². The predicted octanol–water partition coefficient (Wildman–Crippen LogP) is 3.18. The Morgan fingerprint density at radius 1 is 1.03 bits per heavy atom. The molecule has 8 nitrogen and oxygen atoms in total. The summed E-state index contributed by atoms with van der Waals surface area (Å²) >= 11 is 0. The van der Waals surface area contributed by atoms with Gasteiger partial charge in [0.15, 0.2) is 5.82 Å². The lowest BCUT2D eigenvalue weighted by atomic mass is 10.1. The average Bonchev–Trinajstić information content (AvgIpc) is 2.80. The summed E-state index contributed by atoms with van der Waals surface area (Å²) in [6.45, 7) is 5.12. The standard InChI is InChI=1S/C22H24N4O4S/c1-2-30-20-8-3-4-9-21(20)31(27,28)25-18-7-5-6-17(16-18)19-10-11-22(24-23-19)26-12-14-29-15-13-26/h3-11,16,25H,2,12-15H2,1H3. The van der Waals surface area contributed by atoms with E-state index in [0.717, 1.165) is 24.5 Å². The molecule has 0 saturated carbocycles. The second kappa shape index (κ2) is 9.32. The second-order valence-electron chi connectivity index (χ2n) is 6.94. The van der Waals surface area contributed by atoms with Gasteiger partial charge in [-0.1, -0.05) is 24.3 Å². The van der Waals surface area contributed by atoms with E-state index in [0.29, 0.717) is 37.0 Å². The number of hydrogen-bond donors (Lipinski definition) is 1. The van der Waals surface area contributed by atoms with Crippen LogP contribution in [0.1, 0.15) is 6.92 Å². The molecule has 9 heteroatoms. The molecule has 0 amide bonds. The van der Waals surface area contributed by atoms with E-state index in [2.05, 4.69) is 19.8 Å². The Bertz CT molecular complexity index is 1130. The van der Waals surface area contributed by atoms with Gasteiger partial charge in [0, 0.05) is 24.3 Å². The number of rotatable bonds is 7. The van der Waals surface area contributed by atoms with Crippen molar-refractivity contribution in [1.29, 1.82) is 0 Å². The second-order valence-corrected chi connectivity index (χ2v) is 8.59. The summed E-state index contributed by atoms with van der Waals surface area (Å²) < 4.78 is 39.3. The first-order chi connectivity index (χ1) is 15.1. The lowest BCUT2D eigenvalue weighted by molar-refractivity contribution is 0.122. The van der Waals surface area contributed by atoms with Gasteiger partial charge in [0.25, 0.3) is 10.0 Å². The Morgan fingerprint density at radius 2 is 1.84 bits per heavy atom. The van der Waals surface area contributed by atoms with E-state index in [1.807, 2.05) is 25.1 Å². The molecular weight excluding hydrogens is 416 g/mol. The molecule has 0 aliphatic carbocycles. The molecule has 4 rings (SSSR count). The van der Waals surface area contributed by atoms with Crippen LogP contribution in [-0.2, 0) is 14.8 Å². The molecule has 0 bridgehead atoms. The van der Waals surface area contributed by atoms with Gasteiger partial charge in [-0.2, -0.15) is 0 Å². The number of hydrogen-bond acceptors (Lipinski definition) is 7. The molecule has 0 radical (unpaired) electrons. The third-order valence-electron chi connectivity index (χ3n) is 4.83. The first-order valence-electron chi connectivity index (χ1n) is 10.1. The summed E-state index contributed by atoms with van der Waals surface area (Å²) in [5, 5.41) is 8.66. The molecule has 1 aliphatic heterocycles. The molecule has 0 unspecified atom stereocenters. The Balaban J connectivity index is 1.55. The summed E-state index contributed by atoms with van der Waals surface area (Å²) in [6.07, 6.45) is 0. The zero-order valence-electron chi connectivity index (χ0n) is 17.2. The van der Waals surface area contributed by atoms with Crippen molar-refractivity contribution in [3.63, 3.8) is 0 Å². The van der Waals surface area contributed by atoms with Gasteiger partial charge in [-0.3, -0.25) is 4.72 Å². The van der Waals surface area contributed by atoms with Gasteiger partial charge in [0.05, 0.1) is 25.5 Å². The molecule has 1 fully saturated rings. The summed E-state index contributed by atoms with van der Waals surface area (Å²) in [4.78, 5) is 2.22. The van der Waals surface area contributed by atoms with Gasteiger partial charge >= 0.3 is 0 Å². The van der Waals surface area contributed by atoms with Crippen LogP contribution < -0.4 is 14.4 Å². The van der Waals surface area contributed by atoms with Crippen LogP contribution in [0.25, 0.3) is 11.3 Å². The summed E-state index contributed by atoms with van der Waals surface area (Å²) in [5.74, 6) is 1.12. The zero-order valence-corrected chi connectivity index (χ0v) is 18.0. The number of anilines is 2. The fraction of sp³-hybridized carbons (Fsp3) is 0.273. The Kier molecular flexibility index (Phi) is 6.34. The van der Waals surface area contributed by atoms with Gasteiger partial charge in [0.1, 0.15) is 10.6 Å². The highest BCUT2D eigenvalue weighted by Crippen LogP contribution is 2.27. The molecule has 3 aromatic rings. The summed E-state index contributed by atoms with van der Waals surface area (Å²) in [7, 11) is -3.82. The van der Waals surface area contributed by atoms with E-state index in [9.17, 15) is 8.42 Å². The van der Waals surface area contributed by atoms with E-state index >= 15 is 0 Å². The number of nitrogens with zero attached hydrogens (tertiary/aromatic N) is 3. The van der Waals surface area contributed by atoms with Gasteiger partial charge in [0.2, 0.25) is 0 Å². The van der Waals surface area contributed by atoms with Crippen molar-refractivity contribution in [3.05, 3.63) is 60.7 Å². The summed E-state index contributed by atoms with van der Waals surface area (Å²) in [6, 6.07) is 17.4. The Morgan fingerprint density at radius 3 is 2.58 bits per heavy atom. The van der Waals surface area contributed by atoms with Gasteiger partial charge in [-0.15, -0.1) is 10.2 Å². The first-order valence-corrected chi connectivity index (χ1v) is 11.6. The number of morpholine rings is 1. The molecule has 1 aromatic heterocycles. The van der Waals surface area contributed by atoms with E-state index in [4.69, 9.17) is 9.47 Å². The molecule has 0 spiro atoms. The van der Waals surface area contributed by atoms with Crippen molar-refractivity contribution in [2.24, 2.45) is 0 Å². The smallest absolute Gasteiger partial charge is 0.265 e. The third-order valence-corrected chi connectivity index (χ3v) is 6.26. The fourth-order valence-electron chi connectivity index (χ4n) is 3.34. The van der Waals surface area contributed by atoms with Crippen molar-refractivity contribution in [1.82, 2.24) is 10.2 Å². The van der Waals surface area contributed by atoms with Crippen molar-refractivity contribution in [2.45, 2.75) is 11.8 Å². The van der Waals surface area contributed by atoms with Crippen molar-refractivity contribution >= 4 is 21.5 Å². The summed E-state index contributed by atoms with van der Waals surface area (Å²) in [5.41, 5.74) is 1.86. The molecule has 0 atom stereocenters. The maximum atomic E-state index is 12.9. The van der Waals surface area contributed by atoms with Crippen molar-refractivity contribution in [3.8, 4) is 17.0 Å². The Labute approximate surface area is 181 Å². The van der Waals surface area contributed by atoms with Crippen LogP contribution in [0, 0.1) is 0 Å². The highest BCUT2D eigenvalue weighted by Gasteiger charge is 2.20. The fourth-order valence-corrected chi connectivity index (χ4v) is 4.54. The molecule has 162 valence electrons. The van der Waals surface area contributed by atoms with Crippen LogP contribution >= 0.6 is 0 Å². The number of ether oxygens (including phenoxy) is 2. The molecule has 2 aromatic carbocycles. The van der Waals surface area contributed by atoms with Crippen LogP contribution in [-0.4, -0.2) is 51.5 Å².